The highest BCUT2D eigenvalue weighted by molar-refractivity contribution is 5.51. The molecule has 0 radical (unpaired) electrons. The topological polar surface area (TPSA) is 98.2 Å². The molecule has 0 aliphatic carbocycles. The monoisotopic (exact) mass is 568 g/mol. The predicted octanol–water partition coefficient (Wildman–Crippen LogP) is 9.81. The third-order valence-corrected chi connectivity index (χ3v) is 6.21. The van der Waals surface area contributed by atoms with Crippen molar-refractivity contribution in [1.29, 1.82) is 0 Å². The van der Waals surface area contributed by atoms with Crippen LogP contribution in [0.1, 0.15) is 0 Å². The number of hydrogen-bond donors (Lipinski definition) is 2. The number of ether oxygens (including phenoxy) is 5. The summed E-state index contributed by atoms with van der Waals surface area (Å²) in [6.07, 6.45) is 0. The summed E-state index contributed by atoms with van der Waals surface area (Å²) in [5.74, 6) is 6.17. The van der Waals surface area contributed by atoms with Crippen molar-refractivity contribution in [3.63, 3.8) is 0 Å². The summed E-state index contributed by atoms with van der Waals surface area (Å²) in [6.45, 7) is 0. The van der Waals surface area contributed by atoms with Gasteiger partial charge in [-0.3, -0.25) is 0 Å². The predicted molar refractivity (Wildman–Crippen MR) is 168 cm³/mol. The van der Waals surface area contributed by atoms with E-state index in [2.05, 4.69) is 0 Å². The van der Waals surface area contributed by atoms with Crippen LogP contribution in [0.3, 0.4) is 0 Å². The van der Waals surface area contributed by atoms with Gasteiger partial charge in [0.15, 0.2) is 23.0 Å². The summed E-state index contributed by atoms with van der Waals surface area (Å²) >= 11 is 0. The van der Waals surface area contributed by atoms with E-state index in [1.807, 2.05) is 121 Å². The number of nitrogen functional groups attached to an aromatic ring is 2. The Labute approximate surface area is 249 Å². The Morgan fingerprint density at radius 2 is 0.581 bits per heavy atom. The van der Waals surface area contributed by atoms with E-state index < -0.39 is 0 Å². The Bertz CT molecular complexity index is 1690. The number of nitrogens with two attached hydrogens (primary N) is 2. The molecule has 0 spiro atoms. The molecule has 212 valence electrons. The van der Waals surface area contributed by atoms with Crippen LogP contribution in [0.15, 0.2) is 146 Å². The van der Waals surface area contributed by atoms with E-state index in [-0.39, 0.29) is 0 Å². The Kier molecular flexibility index (Phi) is 7.95. The molecule has 43 heavy (non-hydrogen) atoms. The smallest absolute Gasteiger partial charge is 0.169 e. The van der Waals surface area contributed by atoms with Crippen LogP contribution in [0.5, 0.6) is 57.5 Å². The molecule has 7 heteroatoms. The summed E-state index contributed by atoms with van der Waals surface area (Å²) in [5, 5.41) is 0. The lowest BCUT2D eigenvalue weighted by Crippen LogP contribution is -1.92. The highest BCUT2D eigenvalue weighted by Crippen LogP contribution is 2.37. The van der Waals surface area contributed by atoms with Crippen LogP contribution in [-0.2, 0) is 0 Å². The lowest BCUT2D eigenvalue weighted by molar-refractivity contribution is 0.417. The van der Waals surface area contributed by atoms with E-state index in [1.165, 1.54) is 0 Å². The third-order valence-electron chi connectivity index (χ3n) is 6.21. The van der Waals surface area contributed by atoms with Crippen LogP contribution >= 0.6 is 0 Å². The molecular weight excluding hydrogens is 540 g/mol. The molecule has 7 nitrogen and oxygen atoms in total. The Morgan fingerprint density at radius 1 is 0.279 bits per heavy atom. The van der Waals surface area contributed by atoms with Crippen LogP contribution in [0.2, 0.25) is 0 Å². The zero-order valence-corrected chi connectivity index (χ0v) is 23.1. The highest BCUT2D eigenvalue weighted by atomic mass is 16.5. The molecule has 0 fully saturated rings. The molecule has 0 saturated heterocycles. The molecule has 0 amide bonds. The fraction of sp³-hybridized carbons (Fsp3) is 0. The zero-order chi connectivity index (χ0) is 29.4. The van der Waals surface area contributed by atoms with Crippen molar-refractivity contribution in [3.8, 4) is 57.5 Å². The van der Waals surface area contributed by atoms with Crippen molar-refractivity contribution < 1.29 is 23.7 Å². The first-order chi connectivity index (χ1) is 21.1. The minimum Gasteiger partial charge on any atom is -0.457 e. The van der Waals surface area contributed by atoms with Gasteiger partial charge in [-0.1, -0.05) is 36.4 Å². The van der Waals surface area contributed by atoms with Gasteiger partial charge >= 0.3 is 0 Å². The van der Waals surface area contributed by atoms with Crippen molar-refractivity contribution in [2.75, 3.05) is 11.5 Å². The number of hydrogen-bond acceptors (Lipinski definition) is 7. The molecule has 0 aliphatic rings. The minimum atomic E-state index is 0.578. The minimum absolute atomic E-state index is 0.578. The number of rotatable bonds is 10. The molecule has 0 aliphatic heterocycles. The average molecular weight is 569 g/mol. The van der Waals surface area contributed by atoms with Crippen LogP contribution in [0.4, 0.5) is 11.4 Å². The van der Waals surface area contributed by atoms with E-state index in [4.69, 9.17) is 35.2 Å². The first-order valence-electron chi connectivity index (χ1n) is 13.6. The standard InChI is InChI=1S/C36H28N2O5/c37-25-7-5-9-31(23-25)42-35-13-3-1-11-33(35)40-29-19-15-27(16-20-29)39-28-17-21-30(22-18-28)41-34-12-2-4-14-36(34)43-32-10-6-8-26(38)24-32/h1-24H,37-38H2. The van der Waals surface area contributed by atoms with Gasteiger partial charge in [0.05, 0.1) is 0 Å². The SMILES string of the molecule is Nc1cccc(Oc2ccccc2Oc2ccc(Oc3ccc(Oc4ccccc4Oc4cccc(N)c4)cc3)cc2)c1. The summed E-state index contributed by atoms with van der Waals surface area (Å²) < 4.78 is 30.2. The van der Waals surface area contributed by atoms with Crippen LogP contribution in [-0.4, -0.2) is 0 Å². The maximum absolute atomic E-state index is 6.10. The lowest BCUT2D eigenvalue weighted by Gasteiger charge is -2.13. The van der Waals surface area contributed by atoms with Gasteiger partial charge in [-0.2, -0.15) is 0 Å². The van der Waals surface area contributed by atoms with E-state index >= 15 is 0 Å². The Morgan fingerprint density at radius 3 is 0.907 bits per heavy atom. The lowest BCUT2D eigenvalue weighted by atomic mass is 10.2. The second-order valence-corrected chi connectivity index (χ2v) is 9.49. The fourth-order valence-electron chi connectivity index (χ4n) is 4.19. The van der Waals surface area contributed by atoms with Crippen molar-refractivity contribution >= 4 is 11.4 Å². The molecule has 0 atom stereocenters. The maximum atomic E-state index is 6.10. The van der Waals surface area contributed by atoms with Crippen molar-refractivity contribution in [3.05, 3.63) is 146 Å². The summed E-state index contributed by atoms with van der Waals surface area (Å²) in [4.78, 5) is 0. The Hall–Kier alpha value is -6.08. The van der Waals surface area contributed by atoms with Gasteiger partial charge < -0.3 is 35.2 Å². The first-order valence-corrected chi connectivity index (χ1v) is 13.6. The maximum Gasteiger partial charge on any atom is 0.169 e. The van der Waals surface area contributed by atoms with Gasteiger partial charge in [0.2, 0.25) is 0 Å². The summed E-state index contributed by atoms with van der Waals surface area (Å²) in [7, 11) is 0. The molecule has 6 rings (SSSR count). The van der Waals surface area contributed by atoms with E-state index in [0.29, 0.717) is 68.9 Å². The van der Waals surface area contributed by atoms with E-state index in [0.717, 1.165) is 0 Å². The molecule has 0 saturated carbocycles. The van der Waals surface area contributed by atoms with E-state index in [1.54, 1.807) is 24.3 Å². The molecule has 4 N–H and O–H groups in total. The first kappa shape index (κ1) is 27.1. The van der Waals surface area contributed by atoms with Crippen LogP contribution < -0.4 is 35.2 Å². The summed E-state index contributed by atoms with van der Waals surface area (Å²) in [5.41, 5.74) is 13.0. The quantitative estimate of drug-likeness (QED) is 0.159. The molecule has 0 heterocycles. The van der Waals surface area contributed by atoms with Gasteiger partial charge in [-0.25, -0.2) is 0 Å². The highest BCUT2D eigenvalue weighted by Gasteiger charge is 2.10. The van der Waals surface area contributed by atoms with Gasteiger partial charge in [0.1, 0.15) is 34.5 Å². The van der Waals surface area contributed by atoms with Crippen molar-refractivity contribution in [1.82, 2.24) is 0 Å². The second-order valence-electron chi connectivity index (χ2n) is 9.49. The molecule has 6 aromatic rings. The van der Waals surface area contributed by atoms with Gasteiger partial charge in [0.25, 0.3) is 0 Å². The number of para-hydroxylation sites is 4. The molecule has 0 unspecified atom stereocenters. The number of anilines is 2. The van der Waals surface area contributed by atoms with Crippen molar-refractivity contribution in [2.24, 2.45) is 0 Å². The van der Waals surface area contributed by atoms with Gasteiger partial charge in [-0.05, 0) is 97.1 Å². The molecule has 6 aromatic carbocycles. The van der Waals surface area contributed by atoms with Crippen LogP contribution in [0, 0.1) is 0 Å². The van der Waals surface area contributed by atoms with Crippen LogP contribution in [0.25, 0.3) is 0 Å². The van der Waals surface area contributed by atoms with Gasteiger partial charge in [-0.15, -0.1) is 0 Å². The van der Waals surface area contributed by atoms with Crippen molar-refractivity contribution in [2.45, 2.75) is 0 Å². The molecule has 0 bridgehead atoms. The zero-order valence-electron chi connectivity index (χ0n) is 23.1. The second kappa shape index (κ2) is 12.6. The van der Waals surface area contributed by atoms with Gasteiger partial charge in [0, 0.05) is 23.5 Å². The normalized spacial score (nSPS) is 10.5. The fourth-order valence-corrected chi connectivity index (χ4v) is 4.19. The Balaban J connectivity index is 1.08. The van der Waals surface area contributed by atoms with E-state index in [9.17, 15) is 0 Å². The number of benzene rings is 6. The molecule has 0 aromatic heterocycles. The molecular formula is C36H28N2O5. The largest absolute Gasteiger partial charge is 0.457 e. The summed E-state index contributed by atoms with van der Waals surface area (Å²) in [6, 6.07) is 44.1. The third kappa shape index (κ3) is 7.17. The average Bonchev–Trinajstić information content (AvgIpc) is 3.01.